The molecule has 0 amide bonds. The summed E-state index contributed by atoms with van der Waals surface area (Å²) in [6.07, 6.45) is 4.96. The van der Waals surface area contributed by atoms with Crippen LogP contribution in [-0.2, 0) is 7.05 Å². The van der Waals surface area contributed by atoms with Gasteiger partial charge >= 0.3 is 0 Å². The molecule has 180 valence electrons. The molecule has 3 aromatic rings. The zero-order valence-electron chi connectivity index (χ0n) is 20.0. The molecule has 2 atom stereocenters. The van der Waals surface area contributed by atoms with Crippen LogP contribution < -0.4 is 4.74 Å². The fourth-order valence-electron chi connectivity index (χ4n) is 4.81. The lowest BCUT2D eigenvalue weighted by Gasteiger charge is -2.22. The summed E-state index contributed by atoms with van der Waals surface area (Å²) in [4.78, 5) is 2.64. The standard InChI is InChI=1S/C27H33FN4OS/c1-31-26(20-7-4-3-5-8-20)29-30-27(31)34-14-6-13-32(17-19-9-10-19)18-21-15-23(21)24-16-22(28)11-12-25(24)33-2/h3-5,7-8,11-12,16,19,21,23H,6,9-10,13-15,17-18H2,1-2H3. The number of methoxy groups -OCH3 is 1. The highest BCUT2D eigenvalue weighted by atomic mass is 32.2. The number of hydrogen-bond acceptors (Lipinski definition) is 5. The molecule has 0 N–H and O–H groups in total. The lowest BCUT2D eigenvalue weighted by Crippen LogP contribution is -2.30. The van der Waals surface area contributed by atoms with Crippen molar-refractivity contribution in [1.29, 1.82) is 0 Å². The summed E-state index contributed by atoms with van der Waals surface area (Å²) in [5.74, 6) is 4.44. The van der Waals surface area contributed by atoms with Crippen LogP contribution in [0, 0.1) is 17.7 Å². The summed E-state index contributed by atoms with van der Waals surface area (Å²) in [6.45, 7) is 3.38. The molecule has 0 spiro atoms. The predicted octanol–water partition coefficient (Wildman–Crippen LogP) is 5.63. The third-order valence-corrected chi connectivity index (χ3v) is 8.04. The van der Waals surface area contributed by atoms with Crippen LogP contribution in [0.25, 0.3) is 11.4 Å². The molecule has 34 heavy (non-hydrogen) atoms. The molecule has 5 rings (SSSR count). The van der Waals surface area contributed by atoms with E-state index in [4.69, 9.17) is 4.74 Å². The van der Waals surface area contributed by atoms with Crippen molar-refractivity contribution >= 4 is 11.8 Å². The quantitative estimate of drug-likeness (QED) is 0.248. The van der Waals surface area contributed by atoms with Crippen molar-refractivity contribution in [2.45, 2.75) is 36.8 Å². The van der Waals surface area contributed by atoms with Crippen molar-refractivity contribution in [2.75, 3.05) is 32.5 Å². The first kappa shape index (κ1) is 23.4. The predicted molar refractivity (Wildman–Crippen MR) is 135 cm³/mol. The largest absolute Gasteiger partial charge is 0.496 e. The summed E-state index contributed by atoms with van der Waals surface area (Å²) in [5.41, 5.74) is 2.12. The van der Waals surface area contributed by atoms with Crippen LogP contribution in [0.5, 0.6) is 5.75 Å². The van der Waals surface area contributed by atoms with Crippen LogP contribution >= 0.6 is 11.8 Å². The minimum atomic E-state index is -0.174. The van der Waals surface area contributed by atoms with Gasteiger partial charge in [0.15, 0.2) is 11.0 Å². The molecular formula is C27H33FN4OS. The molecule has 2 saturated carbocycles. The minimum absolute atomic E-state index is 0.174. The van der Waals surface area contributed by atoms with E-state index < -0.39 is 0 Å². The highest BCUT2D eigenvalue weighted by Gasteiger charge is 2.41. The zero-order chi connectivity index (χ0) is 23.5. The number of benzene rings is 2. The molecule has 2 aliphatic carbocycles. The van der Waals surface area contributed by atoms with Gasteiger partial charge < -0.3 is 14.2 Å². The normalized spacial score (nSPS) is 19.5. The third kappa shape index (κ3) is 5.63. The highest BCUT2D eigenvalue weighted by Crippen LogP contribution is 2.51. The summed E-state index contributed by atoms with van der Waals surface area (Å²) in [5, 5.41) is 9.78. The van der Waals surface area contributed by atoms with E-state index in [2.05, 4.69) is 31.8 Å². The van der Waals surface area contributed by atoms with Crippen LogP contribution in [0.2, 0.25) is 0 Å². The van der Waals surface area contributed by atoms with Crippen molar-refractivity contribution < 1.29 is 9.13 Å². The Balaban J connectivity index is 1.13. The second-order valence-electron chi connectivity index (χ2n) is 9.62. The van der Waals surface area contributed by atoms with Crippen LogP contribution in [0.4, 0.5) is 4.39 Å². The summed E-state index contributed by atoms with van der Waals surface area (Å²) < 4.78 is 21.4. The number of hydrogen-bond donors (Lipinski definition) is 0. The molecular weight excluding hydrogens is 447 g/mol. The van der Waals surface area contributed by atoms with E-state index in [1.54, 1.807) is 31.0 Å². The first-order chi connectivity index (χ1) is 16.6. The fourth-order valence-corrected chi connectivity index (χ4v) is 5.65. The molecule has 7 heteroatoms. The molecule has 0 saturated heterocycles. The Morgan fingerprint density at radius 2 is 1.94 bits per heavy atom. The molecule has 2 fully saturated rings. The van der Waals surface area contributed by atoms with Gasteiger partial charge in [0.1, 0.15) is 11.6 Å². The molecule has 2 unspecified atom stereocenters. The average Bonchev–Trinajstić information content (AvgIpc) is 3.78. The van der Waals surface area contributed by atoms with Crippen LogP contribution in [0.3, 0.4) is 0 Å². The topological polar surface area (TPSA) is 43.2 Å². The summed E-state index contributed by atoms with van der Waals surface area (Å²) >= 11 is 1.78. The van der Waals surface area contributed by atoms with Crippen molar-refractivity contribution in [2.24, 2.45) is 18.9 Å². The van der Waals surface area contributed by atoms with Gasteiger partial charge in [-0.2, -0.15) is 0 Å². The van der Waals surface area contributed by atoms with Crippen LogP contribution in [0.1, 0.15) is 37.2 Å². The summed E-state index contributed by atoms with van der Waals surface area (Å²) in [6, 6.07) is 15.1. The van der Waals surface area contributed by atoms with Gasteiger partial charge in [0, 0.05) is 37.0 Å². The van der Waals surface area contributed by atoms with Crippen molar-refractivity contribution in [3.05, 3.63) is 59.9 Å². The Morgan fingerprint density at radius 1 is 1.12 bits per heavy atom. The molecule has 1 heterocycles. The van der Waals surface area contributed by atoms with E-state index in [1.807, 2.05) is 25.2 Å². The Morgan fingerprint density at radius 3 is 2.71 bits per heavy atom. The number of ether oxygens (including phenoxy) is 1. The van der Waals surface area contributed by atoms with Gasteiger partial charge in [-0.05, 0) is 68.2 Å². The van der Waals surface area contributed by atoms with E-state index in [0.717, 1.165) is 65.5 Å². The monoisotopic (exact) mass is 480 g/mol. The lowest BCUT2D eigenvalue weighted by molar-refractivity contribution is 0.252. The van der Waals surface area contributed by atoms with Gasteiger partial charge in [-0.3, -0.25) is 0 Å². The maximum absolute atomic E-state index is 13.8. The number of thioether (sulfide) groups is 1. The average molecular weight is 481 g/mol. The van der Waals surface area contributed by atoms with Gasteiger partial charge in [-0.15, -0.1) is 10.2 Å². The van der Waals surface area contributed by atoms with Gasteiger partial charge in [-0.1, -0.05) is 42.1 Å². The van der Waals surface area contributed by atoms with E-state index in [-0.39, 0.29) is 5.82 Å². The Hall–Kier alpha value is -2.38. The number of rotatable bonds is 12. The van der Waals surface area contributed by atoms with E-state index in [1.165, 1.54) is 25.5 Å². The molecule has 0 radical (unpaired) electrons. The van der Waals surface area contributed by atoms with Crippen molar-refractivity contribution in [1.82, 2.24) is 19.7 Å². The highest BCUT2D eigenvalue weighted by molar-refractivity contribution is 7.99. The van der Waals surface area contributed by atoms with E-state index >= 15 is 0 Å². The number of aromatic nitrogens is 3. The second-order valence-corrected chi connectivity index (χ2v) is 10.7. The molecule has 0 aliphatic heterocycles. The SMILES string of the molecule is COc1ccc(F)cc1C1CC1CN(CCCSc1nnc(-c2ccccc2)n1C)CC1CC1. The van der Waals surface area contributed by atoms with Gasteiger partial charge in [0.05, 0.1) is 7.11 Å². The lowest BCUT2D eigenvalue weighted by atomic mass is 10.1. The van der Waals surface area contributed by atoms with E-state index in [9.17, 15) is 4.39 Å². The molecule has 0 bridgehead atoms. The third-order valence-electron chi connectivity index (χ3n) is 6.94. The molecule has 1 aromatic heterocycles. The summed E-state index contributed by atoms with van der Waals surface area (Å²) in [7, 11) is 3.71. The van der Waals surface area contributed by atoms with Crippen molar-refractivity contribution in [3.8, 4) is 17.1 Å². The molecule has 2 aliphatic rings. The molecule has 2 aromatic carbocycles. The molecule has 5 nitrogen and oxygen atoms in total. The van der Waals surface area contributed by atoms with Gasteiger partial charge in [0.2, 0.25) is 0 Å². The minimum Gasteiger partial charge on any atom is -0.496 e. The number of nitrogens with zero attached hydrogens (tertiary/aromatic N) is 4. The van der Waals surface area contributed by atoms with Gasteiger partial charge in [0.25, 0.3) is 0 Å². The van der Waals surface area contributed by atoms with E-state index in [0.29, 0.717) is 11.8 Å². The zero-order valence-corrected chi connectivity index (χ0v) is 20.8. The van der Waals surface area contributed by atoms with Crippen LogP contribution in [0.15, 0.2) is 53.7 Å². The van der Waals surface area contributed by atoms with Gasteiger partial charge in [-0.25, -0.2) is 4.39 Å². The first-order valence-electron chi connectivity index (χ1n) is 12.3. The Kier molecular flexibility index (Phi) is 7.21. The maximum Gasteiger partial charge on any atom is 0.191 e. The second kappa shape index (κ2) is 10.5. The van der Waals surface area contributed by atoms with Crippen LogP contribution in [-0.4, -0.2) is 52.2 Å². The number of halogens is 1. The fraction of sp³-hybridized carbons (Fsp3) is 0.481. The Labute approximate surface area is 205 Å². The first-order valence-corrected chi connectivity index (χ1v) is 13.2. The van der Waals surface area contributed by atoms with Crippen molar-refractivity contribution in [3.63, 3.8) is 0 Å². The smallest absolute Gasteiger partial charge is 0.191 e. The maximum atomic E-state index is 13.8. The Bertz CT molecular complexity index is 1100.